The fourth-order valence-corrected chi connectivity index (χ4v) is 2.11. The molecule has 2 aromatic carbocycles. The van der Waals surface area contributed by atoms with E-state index >= 15 is 0 Å². The van der Waals surface area contributed by atoms with Gasteiger partial charge in [0.05, 0.1) is 0 Å². The van der Waals surface area contributed by atoms with Crippen molar-refractivity contribution in [2.45, 2.75) is 12.6 Å². The van der Waals surface area contributed by atoms with Crippen molar-refractivity contribution in [1.82, 2.24) is 16.4 Å². The topological polar surface area (TPSA) is 74.4 Å². The summed E-state index contributed by atoms with van der Waals surface area (Å²) in [7, 11) is 0. The maximum atomic E-state index is 11.9. The van der Waals surface area contributed by atoms with Crippen LogP contribution in [0.25, 0.3) is 0 Å². The highest BCUT2D eigenvalue weighted by Crippen LogP contribution is 2.17. The molecule has 1 fully saturated rings. The van der Waals surface area contributed by atoms with Gasteiger partial charge in [0.15, 0.2) is 0 Å². The maximum absolute atomic E-state index is 11.9. The van der Waals surface area contributed by atoms with Gasteiger partial charge in [0.2, 0.25) is 5.91 Å². The molecule has 6 heteroatoms. The van der Waals surface area contributed by atoms with Crippen molar-refractivity contribution in [1.29, 1.82) is 0 Å². The largest absolute Gasteiger partial charge is 0.489 e. The zero-order valence-electron chi connectivity index (χ0n) is 12.0. The molecule has 0 aliphatic carbocycles. The summed E-state index contributed by atoms with van der Waals surface area (Å²) in [5, 5.41) is 2.85. The molecule has 3 rings (SSSR count). The van der Waals surface area contributed by atoms with Crippen LogP contribution in [0.2, 0.25) is 0 Å². The SMILES string of the molecule is O=C(Nc1ccc(OCc2ccccc2)cc1)C1CNNN1. The van der Waals surface area contributed by atoms with Crippen molar-refractivity contribution in [3.8, 4) is 5.75 Å². The molecule has 1 aliphatic rings. The van der Waals surface area contributed by atoms with Gasteiger partial charge in [-0.2, -0.15) is 5.53 Å². The van der Waals surface area contributed by atoms with Crippen molar-refractivity contribution in [3.63, 3.8) is 0 Å². The Morgan fingerprint density at radius 2 is 1.91 bits per heavy atom. The third-order valence-electron chi connectivity index (χ3n) is 3.33. The van der Waals surface area contributed by atoms with Crippen LogP contribution >= 0.6 is 0 Å². The van der Waals surface area contributed by atoms with Gasteiger partial charge in [-0.25, -0.2) is 10.9 Å². The molecule has 1 saturated heterocycles. The quantitative estimate of drug-likeness (QED) is 0.667. The number of nitrogens with one attached hydrogen (secondary N) is 4. The molecular formula is C16H18N4O2. The molecule has 1 heterocycles. The van der Waals surface area contributed by atoms with Crippen LogP contribution in [-0.2, 0) is 11.4 Å². The predicted molar refractivity (Wildman–Crippen MR) is 83.9 cm³/mol. The van der Waals surface area contributed by atoms with E-state index in [4.69, 9.17) is 4.74 Å². The minimum atomic E-state index is -0.283. The van der Waals surface area contributed by atoms with E-state index in [2.05, 4.69) is 21.7 Å². The Morgan fingerprint density at radius 1 is 1.14 bits per heavy atom. The van der Waals surface area contributed by atoms with E-state index in [1.54, 1.807) is 0 Å². The summed E-state index contributed by atoms with van der Waals surface area (Å²) in [4.78, 5) is 11.9. The smallest absolute Gasteiger partial charge is 0.244 e. The van der Waals surface area contributed by atoms with Gasteiger partial charge in [0, 0.05) is 12.2 Å². The standard InChI is InChI=1S/C16H18N4O2/c21-16(15-10-17-20-19-15)18-13-6-8-14(9-7-13)22-11-12-4-2-1-3-5-12/h1-9,15,17,19-20H,10-11H2,(H,18,21). The molecule has 2 aromatic rings. The summed E-state index contributed by atoms with van der Waals surface area (Å²) in [6.45, 7) is 1.07. The van der Waals surface area contributed by atoms with Crippen molar-refractivity contribution >= 4 is 11.6 Å². The highest BCUT2D eigenvalue weighted by Gasteiger charge is 2.21. The molecule has 0 saturated carbocycles. The first-order valence-electron chi connectivity index (χ1n) is 7.12. The third-order valence-corrected chi connectivity index (χ3v) is 3.33. The molecule has 1 atom stereocenters. The molecular weight excluding hydrogens is 280 g/mol. The molecule has 0 radical (unpaired) electrons. The van der Waals surface area contributed by atoms with Crippen molar-refractivity contribution in [3.05, 3.63) is 60.2 Å². The second-order valence-corrected chi connectivity index (χ2v) is 4.99. The first kappa shape index (κ1) is 14.5. The number of hydrogen-bond donors (Lipinski definition) is 4. The number of hydrogen-bond acceptors (Lipinski definition) is 5. The zero-order valence-corrected chi connectivity index (χ0v) is 12.0. The van der Waals surface area contributed by atoms with Crippen LogP contribution in [0.5, 0.6) is 5.75 Å². The summed E-state index contributed by atoms with van der Waals surface area (Å²) >= 11 is 0. The molecule has 0 spiro atoms. The van der Waals surface area contributed by atoms with Crippen LogP contribution in [0.4, 0.5) is 5.69 Å². The Labute approximate surface area is 128 Å². The summed E-state index contributed by atoms with van der Waals surface area (Å²) in [6.07, 6.45) is 0. The fourth-order valence-electron chi connectivity index (χ4n) is 2.11. The maximum Gasteiger partial charge on any atom is 0.244 e. The van der Waals surface area contributed by atoms with Crippen molar-refractivity contribution in [2.24, 2.45) is 0 Å². The Hall–Kier alpha value is -2.41. The summed E-state index contributed by atoms with van der Waals surface area (Å²) in [6, 6.07) is 17.0. The number of anilines is 1. The molecule has 114 valence electrons. The second kappa shape index (κ2) is 7.04. The van der Waals surface area contributed by atoms with E-state index in [-0.39, 0.29) is 11.9 Å². The normalized spacial score (nSPS) is 17.2. The first-order chi connectivity index (χ1) is 10.8. The van der Waals surface area contributed by atoms with Gasteiger partial charge in [-0.3, -0.25) is 4.79 Å². The van der Waals surface area contributed by atoms with E-state index in [0.717, 1.165) is 17.0 Å². The predicted octanol–water partition coefficient (Wildman–Crippen LogP) is 1.19. The minimum absolute atomic E-state index is 0.0875. The summed E-state index contributed by atoms with van der Waals surface area (Å²) in [5.41, 5.74) is 10.2. The molecule has 4 N–H and O–H groups in total. The Morgan fingerprint density at radius 3 is 2.59 bits per heavy atom. The lowest BCUT2D eigenvalue weighted by Gasteiger charge is -2.11. The van der Waals surface area contributed by atoms with E-state index in [9.17, 15) is 4.79 Å². The van der Waals surface area contributed by atoms with Crippen LogP contribution in [0.1, 0.15) is 5.56 Å². The van der Waals surface area contributed by atoms with Crippen LogP contribution in [0.3, 0.4) is 0 Å². The molecule has 0 bridgehead atoms. The third kappa shape index (κ3) is 3.82. The van der Waals surface area contributed by atoms with Gasteiger partial charge >= 0.3 is 0 Å². The molecule has 1 aliphatic heterocycles. The second-order valence-electron chi connectivity index (χ2n) is 4.99. The number of benzene rings is 2. The van der Waals surface area contributed by atoms with Gasteiger partial charge in [-0.05, 0) is 29.8 Å². The number of carbonyl (C=O) groups excluding carboxylic acids is 1. The molecule has 6 nitrogen and oxygen atoms in total. The van der Waals surface area contributed by atoms with E-state index in [1.807, 2.05) is 54.6 Å². The van der Waals surface area contributed by atoms with Gasteiger partial charge in [-0.15, -0.1) is 0 Å². The summed E-state index contributed by atoms with van der Waals surface area (Å²) in [5.74, 6) is 0.680. The molecule has 0 aromatic heterocycles. The monoisotopic (exact) mass is 298 g/mol. The van der Waals surface area contributed by atoms with Crippen molar-refractivity contribution in [2.75, 3.05) is 11.9 Å². The lowest BCUT2D eigenvalue weighted by atomic mass is 10.2. The lowest BCUT2D eigenvalue weighted by molar-refractivity contribution is -0.117. The number of carbonyl (C=O) groups is 1. The van der Waals surface area contributed by atoms with Gasteiger partial charge in [0.1, 0.15) is 18.4 Å². The average molecular weight is 298 g/mol. The van der Waals surface area contributed by atoms with Crippen molar-refractivity contribution < 1.29 is 9.53 Å². The number of ether oxygens (including phenoxy) is 1. The minimum Gasteiger partial charge on any atom is -0.489 e. The highest BCUT2D eigenvalue weighted by molar-refractivity contribution is 5.95. The molecule has 1 unspecified atom stereocenters. The van der Waals surface area contributed by atoms with E-state index < -0.39 is 0 Å². The Balaban J connectivity index is 1.52. The Bertz CT molecular complexity index is 610. The Kier molecular flexibility index (Phi) is 4.65. The first-order valence-corrected chi connectivity index (χ1v) is 7.12. The van der Waals surface area contributed by atoms with E-state index in [0.29, 0.717) is 13.2 Å². The molecule has 22 heavy (non-hydrogen) atoms. The van der Waals surface area contributed by atoms with E-state index in [1.165, 1.54) is 0 Å². The van der Waals surface area contributed by atoms with Gasteiger partial charge in [-0.1, -0.05) is 30.3 Å². The number of rotatable bonds is 5. The highest BCUT2D eigenvalue weighted by atomic mass is 16.5. The lowest BCUT2D eigenvalue weighted by Crippen LogP contribution is -2.40. The van der Waals surface area contributed by atoms with Gasteiger partial charge < -0.3 is 10.1 Å². The molecule has 1 amide bonds. The number of amides is 1. The van der Waals surface area contributed by atoms with Crippen LogP contribution in [0, 0.1) is 0 Å². The number of hydrazine groups is 2. The van der Waals surface area contributed by atoms with Crippen LogP contribution in [-0.4, -0.2) is 18.5 Å². The fraction of sp³-hybridized carbons (Fsp3) is 0.188. The zero-order chi connectivity index (χ0) is 15.2. The van der Waals surface area contributed by atoms with Crippen LogP contribution < -0.4 is 26.4 Å². The average Bonchev–Trinajstić information content (AvgIpc) is 3.10. The summed E-state index contributed by atoms with van der Waals surface area (Å²) < 4.78 is 5.71. The van der Waals surface area contributed by atoms with Crippen LogP contribution in [0.15, 0.2) is 54.6 Å². The van der Waals surface area contributed by atoms with Gasteiger partial charge in [0.25, 0.3) is 0 Å².